The number of H-pyrrole nitrogens is 3. The molecule has 0 spiro atoms. The van der Waals surface area contributed by atoms with E-state index in [0.717, 1.165) is 72.5 Å². The molecule has 0 bridgehead atoms. The van der Waals surface area contributed by atoms with E-state index in [1.54, 1.807) is 0 Å². The van der Waals surface area contributed by atoms with E-state index in [0.29, 0.717) is 0 Å². The van der Waals surface area contributed by atoms with Gasteiger partial charge in [-0.05, 0) is 57.2 Å². The molecule has 7 nitrogen and oxygen atoms in total. The topological polar surface area (TPSA) is 87.7 Å². The Morgan fingerprint density at radius 2 is 0.837 bits per heavy atom. The Balaban J connectivity index is 1.09. The minimum Gasteiger partial charge on any atom is -0.361 e. The first-order valence-corrected chi connectivity index (χ1v) is 15.0. The molecule has 3 aromatic heterocycles. The van der Waals surface area contributed by atoms with Gasteiger partial charge in [0.25, 0.3) is 0 Å². The number of benzene rings is 3. The number of rotatable bonds is 12. The highest BCUT2D eigenvalue weighted by atomic mass is 15.1. The smallest absolute Gasteiger partial charge is 0.0517 e. The number of hydrogen-bond donors (Lipinski definition) is 3. The quantitative estimate of drug-likeness (QED) is 0.136. The van der Waals surface area contributed by atoms with Crippen molar-refractivity contribution in [2.75, 3.05) is 39.3 Å². The fraction of sp³-hybridized carbons (Fsp3) is 0.250. The molecular formula is C36H39N7. The molecule has 3 aromatic carbocycles. The highest BCUT2D eigenvalue weighted by Crippen LogP contribution is 2.20. The number of aryl methyl sites for hydroxylation is 3. The zero-order valence-electron chi connectivity index (χ0n) is 25.2. The summed E-state index contributed by atoms with van der Waals surface area (Å²) in [6, 6.07) is 19.4. The van der Waals surface area contributed by atoms with Crippen LogP contribution in [0.2, 0.25) is 0 Å². The molecular weight excluding hydrogens is 530 g/mol. The van der Waals surface area contributed by atoms with Gasteiger partial charge in [-0.1, -0.05) is 34.9 Å². The second kappa shape index (κ2) is 13.0. The monoisotopic (exact) mass is 569 g/mol. The summed E-state index contributed by atoms with van der Waals surface area (Å²) in [5.74, 6) is 0. The van der Waals surface area contributed by atoms with Crippen molar-refractivity contribution in [3.8, 4) is 0 Å². The minimum atomic E-state index is 0.718. The maximum atomic E-state index is 4.78. The van der Waals surface area contributed by atoms with Gasteiger partial charge in [0.05, 0.1) is 19.6 Å². The molecule has 0 aliphatic carbocycles. The summed E-state index contributed by atoms with van der Waals surface area (Å²) in [6.07, 6.45) is 12.1. The lowest BCUT2D eigenvalue weighted by Gasteiger charge is -2.19. The lowest BCUT2D eigenvalue weighted by Crippen LogP contribution is -2.31. The molecule has 0 fully saturated rings. The number of aliphatic imine (C=N–C) groups is 3. The Hall–Kier alpha value is -4.75. The van der Waals surface area contributed by atoms with Gasteiger partial charge in [0.1, 0.15) is 0 Å². The van der Waals surface area contributed by atoms with Gasteiger partial charge in [0.15, 0.2) is 0 Å². The average Bonchev–Trinajstić information content (AvgIpc) is 3.71. The predicted octanol–water partition coefficient (Wildman–Crippen LogP) is 7.01. The van der Waals surface area contributed by atoms with Crippen LogP contribution in [0, 0.1) is 20.8 Å². The summed E-state index contributed by atoms with van der Waals surface area (Å²) in [5, 5.41) is 3.64. The molecule has 218 valence electrons. The number of nitrogens with zero attached hydrogens (tertiary/aromatic N) is 4. The van der Waals surface area contributed by atoms with E-state index in [1.165, 1.54) is 32.8 Å². The van der Waals surface area contributed by atoms with Crippen molar-refractivity contribution in [2.24, 2.45) is 15.0 Å². The first-order chi connectivity index (χ1) is 21.0. The average molecular weight is 570 g/mol. The Morgan fingerprint density at radius 1 is 0.512 bits per heavy atom. The number of fused-ring (bicyclic) bond motifs is 3. The van der Waals surface area contributed by atoms with Crippen molar-refractivity contribution in [1.29, 1.82) is 0 Å². The molecule has 6 rings (SSSR count). The largest absolute Gasteiger partial charge is 0.361 e. The summed E-state index contributed by atoms with van der Waals surface area (Å²) >= 11 is 0. The second-order valence-electron chi connectivity index (χ2n) is 11.3. The first-order valence-electron chi connectivity index (χ1n) is 15.0. The molecule has 0 aliphatic rings. The molecule has 43 heavy (non-hydrogen) atoms. The number of nitrogens with one attached hydrogen (secondary N) is 3. The van der Waals surface area contributed by atoms with Crippen molar-refractivity contribution in [2.45, 2.75) is 20.8 Å². The van der Waals surface area contributed by atoms with Crippen LogP contribution in [0.25, 0.3) is 32.7 Å². The normalized spacial score (nSPS) is 12.6. The predicted molar refractivity (Wildman–Crippen MR) is 183 cm³/mol. The Labute approximate surface area is 252 Å². The van der Waals surface area contributed by atoms with Gasteiger partial charge >= 0.3 is 0 Å². The molecule has 6 aromatic rings. The van der Waals surface area contributed by atoms with Gasteiger partial charge in [-0.3, -0.25) is 19.9 Å². The molecule has 0 radical (unpaired) electrons. The van der Waals surface area contributed by atoms with Crippen LogP contribution in [0.15, 0.2) is 88.2 Å². The summed E-state index contributed by atoms with van der Waals surface area (Å²) in [6.45, 7) is 11.1. The Kier molecular flexibility index (Phi) is 8.61. The van der Waals surface area contributed by atoms with Gasteiger partial charge < -0.3 is 15.0 Å². The second-order valence-corrected chi connectivity index (χ2v) is 11.3. The summed E-state index contributed by atoms with van der Waals surface area (Å²) in [4.78, 5) is 26.8. The van der Waals surface area contributed by atoms with Gasteiger partial charge in [0, 0.05) is 106 Å². The van der Waals surface area contributed by atoms with Crippen molar-refractivity contribution in [3.63, 3.8) is 0 Å². The van der Waals surface area contributed by atoms with Crippen molar-refractivity contribution >= 4 is 51.4 Å². The molecule has 3 heterocycles. The van der Waals surface area contributed by atoms with E-state index in [2.05, 4.69) is 95.2 Å². The third-order valence-corrected chi connectivity index (χ3v) is 7.93. The number of aromatic amines is 3. The van der Waals surface area contributed by atoms with E-state index in [4.69, 9.17) is 15.0 Å². The fourth-order valence-electron chi connectivity index (χ4n) is 5.51. The molecule has 7 heteroatoms. The Morgan fingerprint density at radius 3 is 1.16 bits per heavy atom. The van der Waals surface area contributed by atoms with Crippen molar-refractivity contribution in [3.05, 3.63) is 107 Å². The van der Waals surface area contributed by atoms with Crippen LogP contribution in [0.5, 0.6) is 0 Å². The zero-order valence-corrected chi connectivity index (χ0v) is 25.2. The van der Waals surface area contributed by atoms with E-state index in [-0.39, 0.29) is 0 Å². The molecule has 0 saturated carbocycles. The van der Waals surface area contributed by atoms with E-state index < -0.39 is 0 Å². The lowest BCUT2D eigenvalue weighted by molar-refractivity contribution is 0.298. The third-order valence-electron chi connectivity index (χ3n) is 7.93. The maximum absolute atomic E-state index is 4.78. The van der Waals surface area contributed by atoms with Crippen LogP contribution in [0.4, 0.5) is 0 Å². The molecule has 0 atom stereocenters. The van der Waals surface area contributed by atoms with E-state index in [9.17, 15) is 0 Å². The molecule has 0 saturated heterocycles. The molecule has 0 unspecified atom stereocenters. The molecule has 0 aliphatic heterocycles. The fourth-order valence-corrected chi connectivity index (χ4v) is 5.51. The van der Waals surface area contributed by atoms with Crippen LogP contribution in [0.1, 0.15) is 33.4 Å². The minimum absolute atomic E-state index is 0.718. The zero-order chi connectivity index (χ0) is 29.6. The van der Waals surface area contributed by atoms with Gasteiger partial charge in [-0.25, -0.2) is 0 Å². The van der Waals surface area contributed by atoms with Crippen LogP contribution in [-0.4, -0.2) is 77.8 Å². The maximum Gasteiger partial charge on any atom is 0.0517 e. The van der Waals surface area contributed by atoms with E-state index in [1.807, 2.05) is 37.2 Å². The lowest BCUT2D eigenvalue weighted by atomic mass is 10.1. The standard InChI is InChI=1S/C36H39N7/c1-25-4-7-34-31(16-25)28(22-40-34)19-37-10-13-43(14-11-38-20-29-23-41-35-8-5-26(2)17-32(29)35)15-12-39-21-30-24-42-36-9-6-27(3)18-33(30)36/h4-9,16-24,40-42H,10-15H2,1-3H3. The SMILES string of the molecule is Cc1ccc2[nH]cc(C=NCCN(CCN=Cc3c[nH]c4ccc(C)cc34)CCN=Cc3c[nH]c4ccc(C)cc34)c2c1. The van der Waals surface area contributed by atoms with Crippen LogP contribution in [-0.2, 0) is 0 Å². The van der Waals surface area contributed by atoms with Crippen molar-refractivity contribution in [1.82, 2.24) is 19.9 Å². The Bertz CT molecular complexity index is 1710. The van der Waals surface area contributed by atoms with Crippen molar-refractivity contribution < 1.29 is 0 Å². The van der Waals surface area contributed by atoms with Crippen LogP contribution >= 0.6 is 0 Å². The van der Waals surface area contributed by atoms with Gasteiger partial charge in [0.2, 0.25) is 0 Å². The first kappa shape index (κ1) is 28.4. The van der Waals surface area contributed by atoms with Crippen LogP contribution in [0.3, 0.4) is 0 Å². The van der Waals surface area contributed by atoms with Crippen LogP contribution < -0.4 is 0 Å². The summed E-state index contributed by atoms with van der Waals surface area (Å²) < 4.78 is 0. The summed E-state index contributed by atoms with van der Waals surface area (Å²) in [7, 11) is 0. The highest BCUT2D eigenvalue weighted by molar-refractivity contribution is 6.00. The number of aromatic nitrogens is 3. The van der Waals surface area contributed by atoms with Gasteiger partial charge in [-0.15, -0.1) is 0 Å². The highest BCUT2D eigenvalue weighted by Gasteiger charge is 2.06. The third kappa shape index (κ3) is 6.84. The number of hydrogen-bond acceptors (Lipinski definition) is 4. The van der Waals surface area contributed by atoms with E-state index >= 15 is 0 Å². The van der Waals surface area contributed by atoms with Gasteiger partial charge in [-0.2, -0.15) is 0 Å². The summed E-state index contributed by atoms with van der Waals surface area (Å²) in [5.41, 5.74) is 10.5. The molecule has 3 N–H and O–H groups in total. The molecule has 0 amide bonds.